The number of benzene rings is 3. The minimum absolute atomic E-state index is 0.196. The van der Waals surface area contributed by atoms with Gasteiger partial charge >= 0.3 is 12.3 Å². The first-order valence-corrected chi connectivity index (χ1v) is 10.9. The van der Waals surface area contributed by atoms with Crippen LogP contribution in [0.3, 0.4) is 0 Å². The molecular weight excluding hydrogens is 469 g/mol. The average molecular weight is 491 g/mol. The summed E-state index contributed by atoms with van der Waals surface area (Å²) < 4.78 is 43.7. The van der Waals surface area contributed by atoms with Gasteiger partial charge in [-0.2, -0.15) is 0 Å². The largest absolute Gasteiger partial charge is 0.573 e. The number of rotatable bonds is 9. The number of nitrogens with one attached hydrogen (secondary N) is 2. The molecule has 0 aliphatic heterocycles. The summed E-state index contributed by atoms with van der Waals surface area (Å²) in [7, 11) is 0. The maximum atomic E-state index is 12.3. The van der Waals surface area contributed by atoms with Crippen molar-refractivity contribution >= 4 is 29.5 Å². The fraction of sp³-hybridized carbons (Fsp3) is 0.167. The molecule has 34 heavy (non-hydrogen) atoms. The minimum atomic E-state index is -4.79. The molecule has 178 valence electrons. The first-order chi connectivity index (χ1) is 16.1. The van der Waals surface area contributed by atoms with Crippen molar-refractivity contribution in [2.75, 3.05) is 11.9 Å². The lowest BCUT2D eigenvalue weighted by Crippen LogP contribution is -2.17. The molecule has 6 nitrogen and oxygen atoms in total. The predicted molar refractivity (Wildman–Crippen MR) is 123 cm³/mol. The zero-order chi connectivity index (χ0) is 24.7. The van der Waals surface area contributed by atoms with Gasteiger partial charge in [0.2, 0.25) is 0 Å². The molecular formula is C24H21F3N2O4S. The molecule has 0 spiro atoms. The van der Waals surface area contributed by atoms with Crippen LogP contribution in [-0.2, 0) is 6.42 Å². The lowest BCUT2D eigenvalue weighted by molar-refractivity contribution is -0.274. The summed E-state index contributed by atoms with van der Waals surface area (Å²) in [4.78, 5) is 24.3. The van der Waals surface area contributed by atoms with Crippen LogP contribution < -0.4 is 14.8 Å². The number of carboxylic acid groups (broad SMARTS) is 1. The third kappa shape index (κ3) is 7.53. The number of anilines is 1. The SMILES string of the molecule is Cc1ccc(SNCCc2ccc(NC(=O)c3ccc(OC(F)(F)F)cc3)cc2)cc1C(=O)O. The Labute approximate surface area is 198 Å². The van der Waals surface area contributed by atoms with Gasteiger partial charge in [-0.1, -0.05) is 18.2 Å². The monoisotopic (exact) mass is 490 g/mol. The van der Waals surface area contributed by atoms with Crippen molar-refractivity contribution < 1.29 is 32.6 Å². The molecule has 3 aromatic rings. The van der Waals surface area contributed by atoms with E-state index in [9.17, 15) is 27.9 Å². The molecule has 0 saturated heterocycles. The number of ether oxygens (including phenoxy) is 1. The van der Waals surface area contributed by atoms with Crippen LogP contribution in [0.25, 0.3) is 0 Å². The first-order valence-electron chi connectivity index (χ1n) is 10.1. The number of carbonyl (C=O) groups is 2. The van der Waals surface area contributed by atoms with Crippen molar-refractivity contribution in [1.29, 1.82) is 0 Å². The van der Waals surface area contributed by atoms with Gasteiger partial charge in [-0.3, -0.25) is 9.52 Å². The van der Waals surface area contributed by atoms with Gasteiger partial charge in [-0.05, 0) is 85.0 Å². The lowest BCUT2D eigenvalue weighted by atomic mass is 10.1. The van der Waals surface area contributed by atoms with Crippen molar-refractivity contribution in [2.24, 2.45) is 0 Å². The fourth-order valence-corrected chi connectivity index (χ4v) is 3.67. The van der Waals surface area contributed by atoms with Gasteiger partial charge in [0.25, 0.3) is 5.91 Å². The molecule has 0 bridgehead atoms. The Morgan fingerprint density at radius 3 is 2.29 bits per heavy atom. The Morgan fingerprint density at radius 2 is 1.68 bits per heavy atom. The highest BCUT2D eigenvalue weighted by atomic mass is 32.2. The van der Waals surface area contributed by atoms with Gasteiger partial charge in [-0.15, -0.1) is 13.2 Å². The molecule has 1 amide bonds. The van der Waals surface area contributed by atoms with Crippen LogP contribution >= 0.6 is 11.9 Å². The van der Waals surface area contributed by atoms with Crippen LogP contribution in [0.15, 0.2) is 71.6 Å². The summed E-state index contributed by atoms with van der Waals surface area (Å²) in [5.74, 6) is -1.81. The molecule has 0 saturated carbocycles. The number of carboxylic acids is 1. The summed E-state index contributed by atoms with van der Waals surface area (Å²) in [5, 5.41) is 11.9. The quantitative estimate of drug-likeness (QED) is 0.264. The van der Waals surface area contributed by atoms with Crippen LogP contribution in [0.5, 0.6) is 5.75 Å². The van der Waals surface area contributed by atoms with E-state index in [0.717, 1.165) is 22.6 Å². The number of alkyl halides is 3. The molecule has 3 aromatic carbocycles. The normalized spacial score (nSPS) is 11.2. The Balaban J connectivity index is 1.46. The van der Waals surface area contributed by atoms with Crippen LogP contribution in [0.1, 0.15) is 31.8 Å². The van der Waals surface area contributed by atoms with E-state index >= 15 is 0 Å². The van der Waals surface area contributed by atoms with E-state index in [-0.39, 0.29) is 11.1 Å². The molecule has 0 atom stereocenters. The standard InChI is InChI=1S/C24H21F3N2O4S/c1-15-2-11-20(14-21(15)23(31)32)34-28-13-12-16-3-7-18(8-4-16)29-22(30)17-5-9-19(10-6-17)33-24(25,26)27/h2-11,14,28H,12-13H2,1H3,(H,29,30)(H,31,32). The summed E-state index contributed by atoms with van der Waals surface area (Å²) in [6.45, 7) is 2.39. The summed E-state index contributed by atoms with van der Waals surface area (Å²) in [5.41, 5.74) is 2.75. The van der Waals surface area contributed by atoms with E-state index in [0.29, 0.717) is 24.2 Å². The zero-order valence-electron chi connectivity index (χ0n) is 18.0. The van der Waals surface area contributed by atoms with Crippen LogP contribution in [0.4, 0.5) is 18.9 Å². The summed E-state index contributed by atoms with van der Waals surface area (Å²) in [6.07, 6.45) is -4.08. The van der Waals surface area contributed by atoms with E-state index in [4.69, 9.17) is 0 Å². The maximum Gasteiger partial charge on any atom is 0.573 e. The van der Waals surface area contributed by atoms with Gasteiger partial charge in [0, 0.05) is 22.7 Å². The van der Waals surface area contributed by atoms with Gasteiger partial charge in [0.05, 0.1) is 5.56 Å². The van der Waals surface area contributed by atoms with Gasteiger partial charge in [0.1, 0.15) is 5.75 Å². The smallest absolute Gasteiger partial charge is 0.478 e. The first kappa shape index (κ1) is 25.1. The van der Waals surface area contributed by atoms with Crippen LogP contribution in [0, 0.1) is 6.92 Å². The van der Waals surface area contributed by atoms with Crippen LogP contribution in [0.2, 0.25) is 0 Å². The highest BCUT2D eigenvalue weighted by molar-refractivity contribution is 7.97. The lowest BCUT2D eigenvalue weighted by Gasteiger charge is -2.10. The van der Waals surface area contributed by atoms with E-state index in [2.05, 4.69) is 14.8 Å². The van der Waals surface area contributed by atoms with E-state index in [1.807, 2.05) is 18.2 Å². The second kappa shape index (κ2) is 11.1. The summed E-state index contributed by atoms with van der Waals surface area (Å²) >= 11 is 1.35. The molecule has 0 aromatic heterocycles. The third-order valence-electron chi connectivity index (χ3n) is 4.71. The van der Waals surface area contributed by atoms with Crippen molar-refractivity contribution in [3.63, 3.8) is 0 Å². The Bertz CT molecular complexity index is 1150. The maximum absolute atomic E-state index is 12.3. The molecule has 3 rings (SSSR count). The number of halogens is 3. The fourth-order valence-electron chi connectivity index (χ4n) is 2.99. The van der Waals surface area contributed by atoms with Gasteiger partial charge < -0.3 is 15.2 Å². The molecule has 0 radical (unpaired) electrons. The number of aryl methyl sites for hydroxylation is 1. The number of carbonyl (C=O) groups excluding carboxylic acids is 1. The molecule has 3 N–H and O–H groups in total. The molecule has 0 aliphatic rings. The Kier molecular flexibility index (Phi) is 8.19. The average Bonchev–Trinajstić information content (AvgIpc) is 2.78. The number of amides is 1. The Morgan fingerprint density at radius 1 is 1.00 bits per heavy atom. The van der Waals surface area contributed by atoms with Crippen molar-refractivity contribution in [3.8, 4) is 5.75 Å². The van der Waals surface area contributed by atoms with Crippen molar-refractivity contribution in [1.82, 2.24) is 4.72 Å². The second-order valence-electron chi connectivity index (χ2n) is 7.25. The Hall–Kier alpha value is -3.50. The molecule has 0 aliphatic carbocycles. The second-order valence-corrected chi connectivity index (χ2v) is 8.22. The number of hydrogen-bond acceptors (Lipinski definition) is 5. The number of aromatic carboxylic acids is 1. The van der Waals surface area contributed by atoms with E-state index in [1.54, 1.807) is 31.2 Å². The van der Waals surface area contributed by atoms with E-state index in [1.165, 1.54) is 24.1 Å². The summed E-state index contributed by atoms with van der Waals surface area (Å²) in [6, 6.07) is 17.1. The predicted octanol–water partition coefficient (Wildman–Crippen LogP) is 5.68. The topological polar surface area (TPSA) is 87.7 Å². The third-order valence-corrected chi connectivity index (χ3v) is 5.55. The van der Waals surface area contributed by atoms with Crippen LogP contribution in [-0.4, -0.2) is 29.9 Å². The molecule has 0 heterocycles. The minimum Gasteiger partial charge on any atom is -0.478 e. The van der Waals surface area contributed by atoms with Gasteiger partial charge in [-0.25, -0.2) is 4.79 Å². The highest BCUT2D eigenvalue weighted by Gasteiger charge is 2.31. The van der Waals surface area contributed by atoms with Crippen molar-refractivity contribution in [2.45, 2.75) is 24.6 Å². The molecule has 10 heteroatoms. The number of hydrogen-bond donors (Lipinski definition) is 3. The highest BCUT2D eigenvalue weighted by Crippen LogP contribution is 2.23. The van der Waals surface area contributed by atoms with E-state index < -0.39 is 24.0 Å². The zero-order valence-corrected chi connectivity index (χ0v) is 18.8. The van der Waals surface area contributed by atoms with Crippen molar-refractivity contribution in [3.05, 3.63) is 89.0 Å². The molecule has 0 unspecified atom stereocenters. The van der Waals surface area contributed by atoms with Gasteiger partial charge in [0.15, 0.2) is 0 Å². The molecule has 0 fully saturated rings.